The number of benzene rings is 2. The number of thioether (sulfide) groups is 1. The van der Waals surface area contributed by atoms with Crippen LogP contribution in [0.4, 0.5) is 5.69 Å². The van der Waals surface area contributed by atoms with E-state index in [1.54, 1.807) is 24.3 Å². The molecule has 0 saturated heterocycles. The van der Waals surface area contributed by atoms with Crippen LogP contribution in [0.2, 0.25) is 0 Å². The van der Waals surface area contributed by atoms with Crippen molar-refractivity contribution in [2.24, 2.45) is 0 Å². The zero-order chi connectivity index (χ0) is 18.1. The maximum atomic E-state index is 12.0. The summed E-state index contributed by atoms with van der Waals surface area (Å²) in [5, 5.41) is 2.83. The summed E-state index contributed by atoms with van der Waals surface area (Å²) in [6.45, 7) is 4.51. The molecular weight excluding hydrogens is 334 g/mol. The van der Waals surface area contributed by atoms with Gasteiger partial charge in [-0.3, -0.25) is 4.79 Å². The minimum absolute atomic E-state index is 0.0798. The van der Waals surface area contributed by atoms with Gasteiger partial charge in [0.1, 0.15) is 0 Å². The van der Waals surface area contributed by atoms with Crippen LogP contribution in [-0.2, 0) is 9.53 Å². The molecule has 132 valence electrons. The van der Waals surface area contributed by atoms with E-state index in [9.17, 15) is 9.59 Å². The number of nitrogens with one attached hydrogen (secondary N) is 1. The Hall–Kier alpha value is -2.27. The Morgan fingerprint density at radius 1 is 1.04 bits per heavy atom. The van der Waals surface area contributed by atoms with E-state index in [0.717, 1.165) is 17.7 Å². The lowest BCUT2D eigenvalue weighted by molar-refractivity contribution is -0.113. The third kappa shape index (κ3) is 6.63. The number of hydrogen-bond donors (Lipinski definition) is 1. The number of unbranched alkanes of at least 4 members (excludes halogenated alkanes) is 1. The molecule has 2 aromatic rings. The standard InChI is InChI=1S/C20H23NO3S/c1-3-4-13-24-20(23)16-7-9-17(10-8-16)21-19(22)14-25-18-11-5-15(2)6-12-18/h5-12H,3-4,13-14H2,1-2H3,(H,21,22). The highest BCUT2D eigenvalue weighted by Crippen LogP contribution is 2.19. The number of aryl methyl sites for hydroxylation is 1. The topological polar surface area (TPSA) is 55.4 Å². The quantitative estimate of drug-likeness (QED) is 0.423. The van der Waals surface area contributed by atoms with Crippen LogP contribution in [-0.4, -0.2) is 24.2 Å². The fourth-order valence-corrected chi connectivity index (χ4v) is 2.76. The Labute approximate surface area is 153 Å². The van der Waals surface area contributed by atoms with Crippen molar-refractivity contribution in [2.45, 2.75) is 31.6 Å². The maximum absolute atomic E-state index is 12.0. The van der Waals surface area contributed by atoms with Crippen molar-refractivity contribution in [3.05, 3.63) is 59.7 Å². The van der Waals surface area contributed by atoms with E-state index in [2.05, 4.69) is 5.32 Å². The zero-order valence-electron chi connectivity index (χ0n) is 14.6. The van der Waals surface area contributed by atoms with E-state index >= 15 is 0 Å². The molecule has 0 fully saturated rings. The summed E-state index contributed by atoms with van der Waals surface area (Å²) in [5.74, 6) is -0.0748. The van der Waals surface area contributed by atoms with Crippen LogP contribution in [0.1, 0.15) is 35.7 Å². The lowest BCUT2D eigenvalue weighted by atomic mass is 10.2. The summed E-state index contributed by atoms with van der Waals surface area (Å²) in [4.78, 5) is 24.9. The fourth-order valence-electron chi connectivity index (χ4n) is 2.06. The van der Waals surface area contributed by atoms with Crippen LogP contribution in [0.5, 0.6) is 0 Å². The predicted molar refractivity (Wildman–Crippen MR) is 102 cm³/mol. The van der Waals surface area contributed by atoms with Gasteiger partial charge in [0.2, 0.25) is 5.91 Å². The van der Waals surface area contributed by atoms with Crippen molar-refractivity contribution in [2.75, 3.05) is 17.7 Å². The first kappa shape index (κ1) is 19.1. The SMILES string of the molecule is CCCCOC(=O)c1ccc(NC(=O)CSc2ccc(C)cc2)cc1. The molecule has 0 atom stereocenters. The van der Waals surface area contributed by atoms with E-state index < -0.39 is 0 Å². The molecule has 0 unspecified atom stereocenters. The fraction of sp³-hybridized carbons (Fsp3) is 0.300. The molecule has 4 nitrogen and oxygen atoms in total. The number of carbonyl (C=O) groups excluding carboxylic acids is 2. The molecule has 0 aliphatic heterocycles. The second-order valence-corrected chi connectivity index (χ2v) is 6.77. The van der Waals surface area contributed by atoms with Gasteiger partial charge in [0.15, 0.2) is 0 Å². The van der Waals surface area contributed by atoms with Gasteiger partial charge in [-0.2, -0.15) is 0 Å². The molecule has 5 heteroatoms. The molecule has 0 saturated carbocycles. The first-order valence-electron chi connectivity index (χ1n) is 8.35. The average Bonchev–Trinajstić information content (AvgIpc) is 2.62. The maximum Gasteiger partial charge on any atom is 0.338 e. The summed E-state index contributed by atoms with van der Waals surface area (Å²) >= 11 is 1.49. The van der Waals surface area contributed by atoms with Crippen molar-refractivity contribution in [3.8, 4) is 0 Å². The van der Waals surface area contributed by atoms with Crippen LogP contribution in [0.25, 0.3) is 0 Å². The molecule has 0 heterocycles. The lowest BCUT2D eigenvalue weighted by Crippen LogP contribution is -2.14. The number of ether oxygens (including phenoxy) is 1. The molecule has 25 heavy (non-hydrogen) atoms. The summed E-state index contributed by atoms with van der Waals surface area (Å²) in [6.07, 6.45) is 1.84. The number of hydrogen-bond acceptors (Lipinski definition) is 4. The third-order valence-corrected chi connectivity index (χ3v) is 4.54. The van der Waals surface area contributed by atoms with Crippen molar-refractivity contribution in [1.29, 1.82) is 0 Å². The highest BCUT2D eigenvalue weighted by molar-refractivity contribution is 8.00. The second-order valence-electron chi connectivity index (χ2n) is 5.72. The first-order valence-corrected chi connectivity index (χ1v) is 9.33. The van der Waals surface area contributed by atoms with Crippen LogP contribution in [0.3, 0.4) is 0 Å². The van der Waals surface area contributed by atoms with Gasteiger partial charge in [-0.25, -0.2) is 4.79 Å². The van der Waals surface area contributed by atoms with Crippen molar-refractivity contribution >= 4 is 29.3 Å². The Bertz CT molecular complexity index is 696. The summed E-state index contributed by atoms with van der Waals surface area (Å²) in [5.41, 5.74) is 2.35. The van der Waals surface area contributed by atoms with Crippen LogP contribution < -0.4 is 5.32 Å². The van der Waals surface area contributed by atoms with Gasteiger partial charge < -0.3 is 10.1 Å². The molecule has 2 rings (SSSR count). The average molecular weight is 357 g/mol. The van der Waals surface area contributed by atoms with E-state index in [4.69, 9.17) is 4.74 Å². The van der Waals surface area contributed by atoms with Crippen LogP contribution in [0, 0.1) is 6.92 Å². The predicted octanol–water partition coefficient (Wildman–Crippen LogP) is 4.68. The highest BCUT2D eigenvalue weighted by atomic mass is 32.2. The van der Waals surface area contributed by atoms with Crippen molar-refractivity contribution in [3.63, 3.8) is 0 Å². The van der Waals surface area contributed by atoms with Crippen LogP contribution >= 0.6 is 11.8 Å². The van der Waals surface area contributed by atoms with E-state index in [0.29, 0.717) is 23.6 Å². The first-order chi connectivity index (χ1) is 12.1. The van der Waals surface area contributed by atoms with Gasteiger partial charge >= 0.3 is 5.97 Å². The number of carbonyl (C=O) groups is 2. The lowest BCUT2D eigenvalue weighted by Gasteiger charge is -2.07. The molecular formula is C20H23NO3S. The Morgan fingerprint density at radius 3 is 2.36 bits per heavy atom. The smallest absolute Gasteiger partial charge is 0.338 e. The van der Waals surface area contributed by atoms with E-state index in [1.807, 2.05) is 38.1 Å². The highest BCUT2D eigenvalue weighted by Gasteiger charge is 2.08. The normalized spacial score (nSPS) is 10.3. The zero-order valence-corrected chi connectivity index (χ0v) is 15.4. The minimum Gasteiger partial charge on any atom is -0.462 e. The molecule has 0 bridgehead atoms. The van der Waals surface area contributed by atoms with Crippen molar-refractivity contribution < 1.29 is 14.3 Å². The molecule has 0 aliphatic rings. The Kier molecular flexibility index (Phi) is 7.54. The summed E-state index contributed by atoms with van der Waals surface area (Å²) < 4.78 is 5.16. The van der Waals surface area contributed by atoms with Gasteiger partial charge in [-0.1, -0.05) is 31.0 Å². The molecule has 0 aliphatic carbocycles. The number of amides is 1. The second kappa shape index (κ2) is 9.89. The van der Waals surface area contributed by atoms with Crippen LogP contribution in [0.15, 0.2) is 53.4 Å². The minimum atomic E-state index is -0.332. The number of anilines is 1. The van der Waals surface area contributed by atoms with E-state index in [1.165, 1.54) is 17.3 Å². The molecule has 0 aromatic heterocycles. The van der Waals surface area contributed by atoms with Gasteiger partial charge in [0.25, 0.3) is 0 Å². The van der Waals surface area contributed by atoms with Gasteiger partial charge in [0.05, 0.1) is 17.9 Å². The molecule has 1 amide bonds. The molecule has 2 aromatic carbocycles. The van der Waals surface area contributed by atoms with E-state index in [-0.39, 0.29) is 11.9 Å². The van der Waals surface area contributed by atoms with Crippen molar-refractivity contribution in [1.82, 2.24) is 0 Å². The third-order valence-electron chi connectivity index (χ3n) is 3.53. The molecule has 1 N–H and O–H groups in total. The molecule has 0 spiro atoms. The Morgan fingerprint density at radius 2 is 1.72 bits per heavy atom. The van der Waals surface area contributed by atoms with Gasteiger partial charge in [-0.15, -0.1) is 11.8 Å². The van der Waals surface area contributed by atoms with Gasteiger partial charge in [0, 0.05) is 10.6 Å². The van der Waals surface area contributed by atoms with Gasteiger partial charge in [-0.05, 0) is 49.7 Å². The number of rotatable bonds is 8. The number of esters is 1. The molecule has 0 radical (unpaired) electrons. The summed E-state index contributed by atoms with van der Waals surface area (Å²) in [7, 11) is 0. The largest absolute Gasteiger partial charge is 0.462 e. The monoisotopic (exact) mass is 357 g/mol. The Balaban J connectivity index is 1.80. The summed E-state index contributed by atoms with van der Waals surface area (Å²) in [6, 6.07) is 14.8.